The number of hydrogen-bond acceptors (Lipinski definition) is 5. The Kier molecular flexibility index (Phi) is 6.70. The lowest BCUT2D eigenvalue weighted by molar-refractivity contribution is -0.141. The molecule has 2 amide bonds. The standard InChI is InChI=1S/C23H21ClF3N5O3/c1-28-21(33)17-11-16(7-8-29-17)35-15-6-4-12-3-5-14(9-13(12)10-15)30-22(34)18-19(23(25,26)27)31-32(2)20(18)24/h4,6-8,10-11,14H,3,5,9H2,1-2H3,(H,28,33)(H,30,34). The van der Waals surface area contributed by atoms with Crippen LogP contribution in [-0.2, 0) is 26.1 Å². The lowest BCUT2D eigenvalue weighted by Crippen LogP contribution is -2.39. The number of hydrogen-bond donors (Lipinski definition) is 2. The Morgan fingerprint density at radius 1 is 1.14 bits per heavy atom. The Morgan fingerprint density at radius 2 is 1.89 bits per heavy atom. The van der Waals surface area contributed by atoms with Gasteiger partial charge in [0.1, 0.15) is 27.9 Å². The van der Waals surface area contributed by atoms with Gasteiger partial charge < -0.3 is 15.4 Å². The van der Waals surface area contributed by atoms with Crippen molar-refractivity contribution in [3.05, 3.63) is 69.8 Å². The minimum atomic E-state index is -4.81. The summed E-state index contributed by atoms with van der Waals surface area (Å²) in [5, 5.41) is 8.14. The number of nitrogens with one attached hydrogen (secondary N) is 2. The van der Waals surface area contributed by atoms with E-state index in [1.807, 2.05) is 12.1 Å². The van der Waals surface area contributed by atoms with Crippen molar-refractivity contribution in [2.75, 3.05) is 7.05 Å². The minimum absolute atomic E-state index is 0.207. The average Bonchev–Trinajstić information content (AvgIpc) is 3.13. The zero-order chi connectivity index (χ0) is 25.3. The van der Waals surface area contributed by atoms with Gasteiger partial charge in [-0.3, -0.25) is 19.3 Å². The molecule has 1 atom stereocenters. The first-order chi connectivity index (χ1) is 16.6. The molecule has 0 spiro atoms. The first-order valence-corrected chi connectivity index (χ1v) is 11.0. The smallest absolute Gasteiger partial charge is 0.436 e. The molecule has 2 N–H and O–H groups in total. The fraction of sp³-hybridized carbons (Fsp3) is 0.304. The third-order valence-electron chi connectivity index (χ3n) is 5.64. The number of ether oxygens (including phenoxy) is 1. The van der Waals surface area contributed by atoms with Gasteiger partial charge in [0.05, 0.1) is 0 Å². The van der Waals surface area contributed by atoms with Crippen molar-refractivity contribution in [1.82, 2.24) is 25.4 Å². The second kappa shape index (κ2) is 9.57. The van der Waals surface area contributed by atoms with Crippen LogP contribution in [0.25, 0.3) is 0 Å². The summed E-state index contributed by atoms with van der Waals surface area (Å²) in [7, 11) is 2.75. The number of fused-ring (bicyclic) bond motifs is 1. The highest BCUT2D eigenvalue weighted by atomic mass is 35.5. The van der Waals surface area contributed by atoms with Crippen molar-refractivity contribution in [2.45, 2.75) is 31.5 Å². The molecule has 0 radical (unpaired) electrons. The fourth-order valence-electron chi connectivity index (χ4n) is 3.94. The molecule has 2 heterocycles. The normalized spacial score (nSPS) is 15.3. The maximum absolute atomic E-state index is 13.3. The molecule has 0 saturated carbocycles. The molecule has 1 unspecified atom stereocenters. The van der Waals surface area contributed by atoms with Gasteiger partial charge in [-0.25, -0.2) is 0 Å². The van der Waals surface area contributed by atoms with Crippen LogP contribution >= 0.6 is 11.6 Å². The molecule has 0 saturated heterocycles. The second-order valence-corrected chi connectivity index (χ2v) is 8.40. The second-order valence-electron chi connectivity index (χ2n) is 8.04. The van der Waals surface area contributed by atoms with Gasteiger partial charge >= 0.3 is 6.18 Å². The highest BCUT2D eigenvalue weighted by molar-refractivity contribution is 6.33. The molecular weight excluding hydrogens is 487 g/mol. The number of halogens is 4. The van der Waals surface area contributed by atoms with E-state index in [0.29, 0.717) is 30.8 Å². The van der Waals surface area contributed by atoms with Crippen LogP contribution in [0.1, 0.15) is 44.1 Å². The zero-order valence-corrected chi connectivity index (χ0v) is 19.5. The third kappa shape index (κ3) is 5.24. The van der Waals surface area contributed by atoms with Crippen LogP contribution in [0, 0.1) is 0 Å². The molecule has 0 fully saturated rings. The summed E-state index contributed by atoms with van der Waals surface area (Å²) in [5.74, 6) is -0.332. The van der Waals surface area contributed by atoms with Gasteiger partial charge in [-0.15, -0.1) is 0 Å². The summed E-state index contributed by atoms with van der Waals surface area (Å²) in [5.41, 5.74) is 0.155. The van der Waals surface area contributed by atoms with Crippen LogP contribution in [0.2, 0.25) is 5.15 Å². The van der Waals surface area contributed by atoms with E-state index in [4.69, 9.17) is 16.3 Å². The molecule has 0 aliphatic heterocycles. The fourth-order valence-corrected chi connectivity index (χ4v) is 4.16. The van der Waals surface area contributed by atoms with Crippen molar-refractivity contribution in [3.63, 3.8) is 0 Å². The van der Waals surface area contributed by atoms with E-state index in [2.05, 4.69) is 20.7 Å². The van der Waals surface area contributed by atoms with Gasteiger partial charge in [0, 0.05) is 32.4 Å². The number of rotatable bonds is 5. The Balaban J connectivity index is 1.50. The van der Waals surface area contributed by atoms with E-state index in [-0.39, 0.29) is 16.8 Å². The van der Waals surface area contributed by atoms with Crippen LogP contribution in [-0.4, -0.2) is 39.7 Å². The van der Waals surface area contributed by atoms with Crippen LogP contribution < -0.4 is 15.4 Å². The largest absolute Gasteiger partial charge is 0.457 e. The summed E-state index contributed by atoms with van der Waals surface area (Å²) >= 11 is 5.94. The highest BCUT2D eigenvalue weighted by Gasteiger charge is 2.41. The molecule has 1 aliphatic rings. The topological polar surface area (TPSA) is 98.1 Å². The summed E-state index contributed by atoms with van der Waals surface area (Å²) < 4.78 is 46.7. The third-order valence-corrected chi connectivity index (χ3v) is 6.07. The van der Waals surface area contributed by atoms with E-state index in [1.165, 1.54) is 26.4 Å². The van der Waals surface area contributed by atoms with Gasteiger partial charge in [0.2, 0.25) is 0 Å². The van der Waals surface area contributed by atoms with Gasteiger partial charge in [-0.05, 0) is 48.6 Å². The summed E-state index contributed by atoms with van der Waals surface area (Å²) in [6, 6.07) is 8.24. The number of pyridine rings is 1. The SMILES string of the molecule is CNC(=O)c1cc(Oc2ccc3c(c2)CC(NC(=O)c2c(C(F)(F)F)nn(C)c2Cl)CC3)ccn1. The van der Waals surface area contributed by atoms with Gasteiger partial charge in [0.15, 0.2) is 5.69 Å². The average molecular weight is 508 g/mol. The predicted molar refractivity (Wildman–Crippen MR) is 121 cm³/mol. The first-order valence-electron chi connectivity index (χ1n) is 10.6. The molecule has 4 rings (SSSR count). The number of benzene rings is 1. The van der Waals surface area contributed by atoms with Gasteiger partial charge in [-0.1, -0.05) is 17.7 Å². The van der Waals surface area contributed by atoms with Crippen LogP contribution in [0.4, 0.5) is 13.2 Å². The number of aromatic nitrogens is 3. The molecule has 184 valence electrons. The molecule has 3 aromatic rings. The number of aryl methyl sites for hydroxylation is 2. The Labute approximate surface area is 203 Å². The highest BCUT2D eigenvalue weighted by Crippen LogP contribution is 2.34. The molecule has 35 heavy (non-hydrogen) atoms. The molecule has 0 bridgehead atoms. The van der Waals surface area contributed by atoms with E-state index in [1.54, 1.807) is 12.1 Å². The number of nitrogens with zero attached hydrogens (tertiary/aromatic N) is 3. The van der Waals surface area contributed by atoms with Crippen molar-refractivity contribution >= 4 is 23.4 Å². The maximum Gasteiger partial charge on any atom is 0.436 e. The number of carbonyl (C=O) groups excluding carboxylic acids is 2. The Hall–Kier alpha value is -3.60. The summed E-state index contributed by atoms with van der Waals surface area (Å²) in [6.07, 6.45) is -1.77. The molecule has 1 aliphatic carbocycles. The Bertz CT molecular complexity index is 1290. The van der Waals surface area contributed by atoms with Crippen LogP contribution in [0.15, 0.2) is 36.5 Å². The predicted octanol–water partition coefficient (Wildman–Crippen LogP) is 3.93. The van der Waals surface area contributed by atoms with Crippen molar-refractivity contribution in [3.8, 4) is 11.5 Å². The van der Waals surface area contributed by atoms with E-state index < -0.39 is 29.4 Å². The number of amides is 2. The maximum atomic E-state index is 13.3. The van der Waals surface area contributed by atoms with Crippen LogP contribution in [0.5, 0.6) is 11.5 Å². The minimum Gasteiger partial charge on any atom is -0.457 e. The monoisotopic (exact) mass is 507 g/mol. The lowest BCUT2D eigenvalue weighted by Gasteiger charge is -2.26. The Morgan fingerprint density at radius 3 is 2.60 bits per heavy atom. The van der Waals surface area contributed by atoms with Crippen molar-refractivity contribution in [1.29, 1.82) is 0 Å². The molecule has 12 heteroatoms. The van der Waals surface area contributed by atoms with E-state index >= 15 is 0 Å². The quantitative estimate of drug-likeness (QED) is 0.545. The molecule has 1 aromatic carbocycles. The van der Waals surface area contributed by atoms with E-state index in [0.717, 1.165) is 15.8 Å². The first kappa shape index (κ1) is 24.5. The number of alkyl halides is 3. The van der Waals surface area contributed by atoms with E-state index in [9.17, 15) is 22.8 Å². The van der Waals surface area contributed by atoms with Gasteiger partial charge in [-0.2, -0.15) is 18.3 Å². The zero-order valence-electron chi connectivity index (χ0n) is 18.7. The van der Waals surface area contributed by atoms with Crippen molar-refractivity contribution < 1.29 is 27.5 Å². The number of carbonyl (C=O) groups is 2. The molecule has 2 aromatic heterocycles. The van der Waals surface area contributed by atoms with Crippen molar-refractivity contribution in [2.24, 2.45) is 7.05 Å². The van der Waals surface area contributed by atoms with Gasteiger partial charge in [0.25, 0.3) is 11.8 Å². The molecular formula is C23H21ClF3N5O3. The lowest BCUT2D eigenvalue weighted by atomic mass is 9.88. The summed E-state index contributed by atoms with van der Waals surface area (Å²) in [6.45, 7) is 0. The molecule has 8 nitrogen and oxygen atoms in total. The van der Waals surface area contributed by atoms with Crippen LogP contribution in [0.3, 0.4) is 0 Å². The summed E-state index contributed by atoms with van der Waals surface area (Å²) in [4.78, 5) is 28.5.